The molecule has 1 amide bonds. The van der Waals surface area contributed by atoms with Crippen molar-refractivity contribution in [2.24, 2.45) is 0 Å². The first-order chi connectivity index (χ1) is 16.2. The SMILES string of the molecule is Nc1nc2cc(-c3ccn[nH]3)ccc2c2cn(CCNC(=O)c3cnn4cccnc34)nc12. The van der Waals surface area contributed by atoms with Crippen molar-refractivity contribution in [1.82, 2.24) is 44.9 Å². The van der Waals surface area contributed by atoms with Crippen LogP contribution in [-0.2, 0) is 6.54 Å². The number of aromatic amines is 1. The van der Waals surface area contributed by atoms with Crippen LogP contribution >= 0.6 is 0 Å². The van der Waals surface area contributed by atoms with Gasteiger partial charge in [0, 0.05) is 47.7 Å². The predicted molar refractivity (Wildman–Crippen MR) is 122 cm³/mol. The first-order valence-corrected chi connectivity index (χ1v) is 10.3. The van der Waals surface area contributed by atoms with Gasteiger partial charge >= 0.3 is 0 Å². The zero-order chi connectivity index (χ0) is 22.4. The number of hydrogen-bond acceptors (Lipinski definition) is 7. The summed E-state index contributed by atoms with van der Waals surface area (Å²) in [4.78, 5) is 21.3. The Kier molecular flexibility index (Phi) is 4.25. The van der Waals surface area contributed by atoms with Crippen molar-refractivity contribution in [1.29, 1.82) is 0 Å². The summed E-state index contributed by atoms with van der Waals surface area (Å²) in [6, 6.07) is 9.65. The molecule has 11 heteroatoms. The molecule has 0 bridgehead atoms. The smallest absolute Gasteiger partial charge is 0.256 e. The number of anilines is 1. The van der Waals surface area contributed by atoms with Gasteiger partial charge in [-0.1, -0.05) is 12.1 Å². The maximum atomic E-state index is 12.6. The first-order valence-electron chi connectivity index (χ1n) is 10.3. The van der Waals surface area contributed by atoms with Crippen molar-refractivity contribution in [3.05, 3.63) is 66.9 Å². The minimum absolute atomic E-state index is 0.238. The van der Waals surface area contributed by atoms with E-state index < -0.39 is 0 Å². The molecule has 33 heavy (non-hydrogen) atoms. The van der Waals surface area contributed by atoms with Crippen LogP contribution in [0, 0.1) is 0 Å². The van der Waals surface area contributed by atoms with Crippen molar-refractivity contribution < 1.29 is 4.79 Å². The number of nitrogens with zero attached hydrogens (tertiary/aromatic N) is 7. The van der Waals surface area contributed by atoms with Crippen LogP contribution in [-0.4, -0.2) is 52.0 Å². The van der Waals surface area contributed by atoms with Crippen molar-refractivity contribution in [3.8, 4) is 11.3 Å². The lowest BCUT2D eigenvalue weighted by atomic mass is 10.1. The van der Waals surface area contributed by atoms with E-state index in [1.54, 1.807) is 33.9 Å². The van der Waals surface area contributed by atoms with Crippen LogP contribution in [0.1, 0.15) is 10.4 Å². The van der Waals surface area contributed by atoms with Crippen LogP contribution < -0.4 is 11.1 Å². The summed E-state index contributed by atoms with van der Waals surface area (Å²) >= 11 is 0. The Bertz CT molecular complexity index is 1630. The summed E-state index contributed by atoms with van der Waals surface area (Å²) in [7, 11) is 0. The number of nitrogens with one attached hydrogen (secondary N) is 2. The second-order valence-corrected chi connectivity index (χ2v) is 7.56. The number of hydrogen-bond donors (Lipinski definition) is 3. The van der Waals surface area contributed by atoms with Crippen LogP contribution in [0.5, 0.6) is 0 Å². The second kappa shape index (κ2) is 7.41. The number of nitrogens with two attached hydrogens (primary N) is 1. The highest BCUT2D eigenvalue weighted by Crippen LogP contribution is 2.29. The number of pyridine rings is 1. The van der Waals surface area contributed by atoms with E-state index in [-0.39, 0.29) is 5.91 Å². The summed E-state index contributed by atoms with van der Waals surface area (Å²) in [5.74, 6) is 0.123. The van der Waals surface area contributed by atoms with E-state index in [1.165, 1.54) is 6.20 Å². The fourth-order valence-electron chi connectivity index (χ4n) is 3.91. The molecule has 6 rings (SSSR count). The Morgan fingerprint density at radius 2 is 2.12 bits per heavy atom. The number of carbonyl (C=O) groups is 1. The van der Waals surface area contributed by atoms with E-state index in [0.29, 0.717) is 35.6 Å². The molecule has 0 radical (unpaired) electrons. The number of rotatable bonds is 5. The van der Waals surface area contributed by atoms with E-state index in [0.717, 1.165) is 27.5 Å². The third kappa shape index (κ3) is 3.22. The highest BCUT2D eigenvalue weighted by atomic mass is 16.1. The summed E-state index contributed by atoms with van der Waals surface area (Å²) in [6.07, 6.45) is 8.52. The first kappa shape index (κ1) is 18.9. The van der Waals surface area contributed by atoms with Gasteiger partial charge in [-0.05, 0) is 18.2 Å². The Balaban J connectivity index is 1.24. The molecule has 0 atom stereocenters. The quantitative estimate of drug-likeness (QED) is 0.373. The number of fused-ring (bicyclic) bond motifs is 4. The zero-order valence-corrected chi connectivity index (χ0v) is 17.3. The van der Waals surface area contributed by atoms with Gasteiger partial charge in [0.25, 0.3) is 5.91 Å². The molecular formula is C22H18N10O. The van der Waals surface area contributed by atoms with Crippen LogP contribution in [0.4, 0.5) is 5.82 Å². The lowest BCUT2D eigenvalue weighted by molar-refractivity contribution is 0.0953. The van der Waals surface area contributed by atoms with Crippen molar-refractivity contribution >= 4 is 39.2 Å². The van der Waals surface area contributed by atoms with E-state index >= 15 is 0 Å². The Hall–Kier alpha value is -4.80. The highest BCUT2D eigenvalue weighted by Gasteiger charge is 2.14. The predicted octanol–water partition coefficient (Wildman–Crippen LogP) is 2.03. The third-order valence-electron chi connectivity index (χ3n) is 5.50. The Labute approximate surface area is 186 Å². The number of carbonyl (C=O) groups excluding carboxylic acids is 1. The molecule has 5 aromatic heterocycles. The van der Waals surface area contributed by atoms with Gasteiger partial charge in [-0.2, -0.15) is 15.3 Å². The van der Waals surface area contributed by atoms with Crippen LogP contribution in [0.25, 0.3) is 38.7 Å². The molecule has 0 saturated heterocycles. The zero-order valence-electron chi connectivity index (χ0n) is 17.3. The molecule has 1 aromatic carbocycles. The van der Waals surface area contributed by atoms with Gasteiger partial charge in [0.1, 0.15) is 11.1 Å². The Morgan fingerprint density at radius 1 is 1.18 bits per heavy atom. The van der Waals surface area contributed by atoms with E-state index in [9.17, 15) is 4.79 Å². The number of nitrogen functional groups attached to an aromatic ring is 1. The second-order valence-electron chi connectivity index (χ2n) is 7.56. The van der Waals surface area contributed by atoms with Crippen molar-refractivity contribution in [2.45, 2.75) is 6.54 Å². The summed E-state index contributed by atoms with van der Waals surface area (Å²) in [5.41, 5.74) is 10.4. The molecule has 11 nitrogen and oxygen atoms in total. The number of amides is 1. The van der Waals surface area contributed by atoms with Crippen LogP contribution in [0.2, 0.25) is 0 Å². The largest absolute Gasteiger partial charge is 0.382 e. The average molecular weight is 438 g/mol. The van der Waals surface area contributed by atoms with Crippen molar-refractivity contribution in [2.75, 3.05) is 12.3 Å². The van der Waals surface area contributed by atoms with E-state index in [2.05, 4.69) is 35.7 Å². The minimum Gasteiger partial charge on any atom is -0.382 e. The number of aromatic nitrogens is 8. The maximum Gasteiger partial charge on any atom is 0.256 e. The van der Waals surface area contributed by atoms with Gasteiger partial charge in [-0.3, -0.25) is 14.6 Å². The molecular weight excluding hydrogens is 420 g/mol. The van der Waals surface area contributed by atoms with Gasteiger partial charge in [0.15, 0.2) is 11.5 Å². The average Bonchev–Trinajstić information content (AvgIpc) is 3.58. The van der Waals surface area contributed by atoms with Crippen LogP contribution in [0.15, 0.2) is 61.3 Å². The highest BCUT2D eigenvalue weighted by molar-refractivity contribution is 6.08. The monoisotopic (exact) mass is 438 g/mol. The fraction of sp³-hybridized carbons (Fsp3) is 0.0909. The molecule has 6 aromatic rings. The molecule has 0 aliphatic carbocycles. The molecule has 0 fully saturated rings. The maximum absolute atomic E-state index is 12.6. The fourth-order valence-corrected chi connectivity index (χ4v) is 3.91. The van der Waals surface area contributed by atoms with Crippen LogP contribution in [0.3, 0.4) is 0 Å². The molecule has 5 heterocycles. The van der Waals surface area contributed by atoms with Gasteiger partial charge in [0.05, 0.1) is 24.0 Å². The Morgan fingerprint density at radius 3 is 3.00 bits per heavy atom. The molecule has 0 saturated carbocycles. The minimum atomic E-state index is -0.238. The third-order valence-corrected chi connectivity index (χ3v) is 5.50. The van der Waals surface area contributed by atoms with Gasteiger partial charge in [-0.25, -0.2) is 14.5 Å². The lowest BCUT2D eigenvalue weighted by Gasteiger charge is -2.04. The molecule has 4 N–H and O–H groups in total. The molecule has 0 aliphatic rings. The van der Waals surface area contributed by atoms with Gasteiger partial charge in [0.2, 0.25) is 0 Å². The van der Waals surface area contributed by atoms with Gasteiger partial charge in [-0.15, -0.1) is 0 Å². The molecule has 0 aliphatic heterocycles. The molecule has 0 spiro atoms. The summed E-state index contributed by atoms with van der Waals surface area (Å²) in [5, 5.41) is 20.4. The molecule has 0 unspecified atom stereocenters. The topological polar surface area (TPSA) is 145 Å². The lowest BCUT2D eigenvalue weighted by Crippen LogP contribution is -2.27. The standard InChI is InChI=1S/C22H18N10O/c23-20-19-16(14-3-2-13(10-18(14)28-20)17-4-6-26-29-17)12-31(30-19)9-7-25-22(33)15-11-27-32-8-1-5-24-21(15)32/h1-6,8,10-12H,7,9H2,(H2,23,28)(H,25,33)(H,26,29). The van der Waals surface area contributed by atoms with E-state index in [4.69, 9.17) is 5.73 Å². The number of benzene rings is 1. The summed E-state index contributed by atoms with van der Waals surface area (Å²) in [6.45, 7) is 0.854. The van der Waals surface area contributed by atoms with E-state index in [1.807, 2.05) is 30.5 Å². The summed E-state index contributed by atoms with van der Waals surface area (Å²) < 4.78 is 3.33. The molecule has 162 valence electrons. The van der Waals surface area contributed by atoms with Crippen molar-refractivity contribution in [3.63, 3.8) is 0 Å². The number of H-pyrrole nitrogens is 1. The normalized spacial score (nSPS) is 11.5. The van der Waals surface area contributed by atoms with Gasteiger partial charge < -0.3 is 11.1 Å².